The predicted molar refractivity (Wildman–Crippen MR) is 404 cm³/mol. The van der Waals surface area contributed by atoms with Crippen LogP contribution in [0, 0.1) is 0 Å². The van der Waals surface area contributed by atoms with Gasteiger partial charge in [-0.15, -0.1) is 0 Å². The first-order valence-corrected chi connectivity index (χ1v) is 42.2. The Kier molecular flexibility index (Phi) is 21.2. The maximum atomic E-state index is 6.69. The molecular formula is C66H63N12O6P5S5. The molecule has 28 heteroatoms. The normalized spacial score (nSPS) is 24.1. The van der Waals surface area contributed by atoms with Gasteiger partial charge in [0, 0.05) is 42.3 Å². The molecule has 30 rings (SSSR count). The average molecular weight is 1440 g/mol. The van der Waals surface area contributed by atoms with Gasteiger partial charge in [0.05, 0.1) is 53.2 Å². The standard InChI is InChI=1S/C66H63N12O6P5S5/c1-73-67-46-52-22-34-58(35-23-52)79-85(90,64-16-10-7-11-17-64)82-61-40-28-55(29-41-61)49-70-76(4)89(94)77(5)71-50-56-30-42-62(43-31-56)83-86(91,65-18-12-8-13-19-65)80-59-36-24-53(25-37-59)47-68-74(2)88(73,93)75(3)69-48-54-26-38-60(39-27-54)81-87(92,66-20-14-9-15-21-66)84-63-44-32-57(33-45-63)51-72-78(89)6/h7-51H,1-6H3/b67-46-,68-47+,69-48+,70-49-,71-50+,72-51+. The van der Waals surface area contributed by atoms with Gasteiger partial charge in [0.1, 0.15) is 34.5 Å². The molecule has 0 amide bonds. The van der Waals surface area contributed by atoms with Gasteiger partial charge in [-0.2, -0.15) is 30.6 Å². The quantitative estimate of drug-likeness (QED) is 0.154. The molecule has 9 aromatic carbocycles. The van der Waals surface area contributed by atoms with Gasteiger partial charge in [-0.3, -0.25) is 0 Å². The lowest BCUT2D eigenvalue weighted by Gasteiger charge is -2.39. The van der Waals surface area contributed by atoms with Crippen molar-refractivity contribution in [1.29, 1.82) is 0 Å². The van der Waals surface area contributed by atoms with Gasteiger partial charge < -0.3 is 27.1 Å². The Morgan fingerprint density at radius 1 is 0.223 bits per heavy atom. The first-order valence-electron chi connectivity index (χ1n) is 28.9. The number of nitrogens with zero attached hydrogens (tertiary/aromatic N) is 12. The van der Waals surface area contributed by atoms with Crippen LogP contribution in [0.1, 0.15) is 33.4 Å². The van der Waals surface area contributed by atoms with Crippen LogP contribution in [0.3, 0.4) is 0 Å². The summed E-state index contributed by atoms with van der Waals surface area (Å²) in [5.74, 6) is 3.02. The summed E-state index contributed by atoms with van der Waals surface area (Å²) in [4.78, 5) is 0. The molecule has 478 valence electrons. The van der Waals surface area contributed by atoms with E-state index in [9.17, 15) is 0 Å². The molecule has 0 spiro atoms. The summed E-state index contributed by atoms with van der Waals surface area (Å²) < 4.78 is 50.4. The summed E-state index contributed by atoms with van der Waals surface area (Å²) in [7, 11) is 10.8. The molecule has 0 atom stereocenters. The molecule has 0 unspecified atom stereocenters. The van der Waals surface area contributed by atoms with Crippen LogP contribution in [0.4, 0.5) is 0 Å². The molecule has 0 saturated heterocycles. The van der Waals surface area contributed by atoms with E-state index in [4.69, 9.17) is 117 Å². The Hall–Kier alpha value is -8.15. The van der Waals surface area contributed by atoms with Gasteiger partial charge in [-0.05, 0) is 274 Å². The summed E-state index contributed by atoms with van der Waals surface area (Å²) in [6, 6.07) is 73.3. The fourth-order valence-electron chi connectivity index (χ4n) is 9.15. The minimum atomic E-state index is -3.23. The lowest BCUT2D eigenvalue weighted by Crippen LogP contribution is -2.29. The molecule has 94 heavy (non-hydrogen) atoms. The Labute approximate surface area is 573 Å². The molecule has 0 fully saturated rings. The van der Waals surface area contributed by atoms with E-state index in [-0.39, 0.29) is 0 Å². The van der Waals surface area contributed by atoms with Gasteiger partial charge >= 0.3 is 19.5 Å². The van der Waals surface area contributed by atoms with E-state index >= 15 is 0 Å². The predicted octanol–water partition coefficient (Wildman–Crippen LogP) is 14.4. The Bertz CT molecular complexity index is 3870. The van der Waals surface area contributed by atoms with Crippen LogP contribution in [0.2, 0.25) is 0 Å². The van der Waals surface area contributed by atoms with E-state index in [1.54, 1.807) is 108 Å². The maximum absolute atomic E-state index is 6.69. The monoisotopic (exact) mass is 1430 g/mol. The SMILES string of the molecule is CN1/N=C\c2ccc(cc2)OP(=S)(c2ccccc2)Oc2ccc(cc2)/C=N\N(C)P2(=S)N(C)/N=C/c3ccc(cc3)OP(=S)(c3ccccc3)Oc3ccc(cc3)/C=N/N(C)P1(=S)N(C)/N=C/c1ccc(cc1)OP(=S)(c1ccccc1)Oc1ccc(cc1)/C=N/N2C. The van der Waals surface area contributed by atoms with E-state index in [1.807, 2.05) is 237 Å². The van der Waals surface area contributed by atoms with E-state index in [0.29, 0.717) is 34.5 Å². The zero-order valence-corrected chi connectivity index (χ0v) is 60.1. The number of rotatable bonds is 3. The van der Waals surface area contributed by atoms with Gasteiger partial charge in [-0.25, -0.2) is 28.7 Å². The summed E-state index contributed by atoms with van der Waals surface area (Å²) in [5, 5.41) is 31.8. The second-order valence-corrected chi connectivity index (χ2v) is 39.3. The molecule has 9 aromatic rings. The number of hydrazone groups is 6. The third-order valence-corrected chi connectivity index (χ3v) is 32.5. The van der Waals surface area contributed by atoms with E-state index in [1.165, 1.54) is 0 Å². The van der Waals surface area contributed by atoms with Crippen molar-refractivity contribution < 1.29 is 27.1 Å². The molecule has 21 aliphatic rings. The van der Waals surface area contributed by atoms with E-state index < -0.39 is 32.5 Å². The molecule has 0 saturated carbocycles. The van der Waals surface area contributed by atoms with Crippen LogP contribution in [-0.4, -0.2) is 108 Å². The third-order valence-electron chi connectivity index (χ3n) is 14.4. The lowest BCUT2D eigenvalue weighted by atomic mass is 10.2. The molecule has 0 aliphatic carbocycles. The maximum Gasteiger partial charge on any atom is 0.319 e. The summed E-state index contributed by atoms with van der Waals surface area (Å²) in [6.45, 7) is -16.1. The van der Waals surface area contributed by atoms with Gasteiger partial charge in [0.15, 0.2) is 0 Å². The summed E-state index contributed by atoms with van der Waals surface area (Å²) >= 11 is 32.3. The molecule has 14 bridgehead atoms. The van der Waals surface area contributed by atoms with Crippen molar-refractivity contribution in [2.45, 2.75) is 0 Å². The Morgan fingerprint density at radius 2 is 0.372 bits per heavy atom. The molecule has 0 N–H and O–H groups in total. The van der Waals surface area contributed by atoms with Gasteiger partial charge in [0.25, 0.3) is 13.0 Å². The van der Waals surface area contributed by atoms with Crippen molar-refractivity contribution in [3.8, 4) is 34.5 Å². The first kappa shape index (κ1) is 67.3. The fourth-order valence-corrected chi connectivity index (χ4v) is 20.7. The largest absolute Gasteiger partial charge is 0.432 e. The van der Waals surface area contributed by atoms with Crippen molar-refractivity contribution >= 4 is 145 Å². The lowest BCUT2D eigenvalue weighted by molar-refractivity contribution is 0.417. The second-order valence-electron chi connectivity index (χ2n) is 20.9. The highest BCUT2D eigenvalue weighted by atomic mass is 32.5. The number of hydrogen-bond donors (Lipinski definition) is 0. The van der Waals surface area contributed by atoms with Gasteiger partial charge in [-0.1, -0.05) is 54.6 Å². The topological polar surface area (TPSA) is 149 Å². The van der Waals surface area contributed by atoms with Crippen LogP contribution in [0.5, 0.6) is 34.5 Å². The Morgan fingerprint density at radius 3 is 0.521 bits per heavy atom. The smallest absolute Gasteiger partial charge is 0.319 e. The molecule has 21 heterocycles. The molecular weight excluding hydrogens is 1370 g/mol. The van der Waals surface area contributed by atoms with Crippen molar-refractivity contribution in [3.05, 3.63) is 270 Å². The van der Waals surface area contributed by atoms with Crippen LogP contribution in [0.25, 0.3) is 0 Å². The molecule has 0 aromatic heterocycles. The molecule has 0 radical (unpaired) electrons. The Balaban J connectivity index is 1.03. The zero-order valence-electron chi connectivity index (χ0n) is 51.6. The highest BCUT2D eigenvalue weighted by Gasteiger charge is 2.35. The van der Waals surface area contributed by atoms with Crippen LogP contribution < -0.4 is 43.1 Å². The molecule has 21 aliphatic heterocycles. The minimum absolute atomic E-state index is 0.503. The second kappa shape index (κ2) is 29.6. The first-order chi connectivity index (χ1) is 45.3. The van der Waals surface area contributed by atoms with Crippen molar-refractivity contribution in [2.24, 2.45) is 30.6 Å². The minimum Gasteiger partial charge on any atom is -0.432 e. The van der Waals surface area contributed by atoms with E-state index in [0.717, 1.165) is 49.3 Å². The van der Waals surface area contributed by atoms with Crippen LogP contribution >= 0.6 is 32.5 Å². The van der Waals surface area contributed by atoms with Crippen molar-refractivity contribution in [1.82, 2.24) is 28.7 Å². The number of hydrogen-bond acceptors (Lipinski definition) is 17. The summed E-state index contributed by atoms with van der Waals surface area (Å²) in [5.41, 5.74) is 4.51. The van der Waals surface area contributed by atoms with Gasteiger partial charge in [0.2, 0.25) is 0 Å². The highest BCUT2D eigenvalue weighted by molar-refractivity contribution is 8.14. The van der Waals surface area contributed by atoms with Crippen molar-refractivity contribution in [2.75, 3.05) is 42.3 Å². The third kappa shape index (κ3) is 16.0. The van der Waals surface area contributed by atoms with E-state index in [2.05, 4.69) is 0 Å². The zero-order chi connectivity index (χ0) is 65.9. The molecule has 18 nitrogen and oxygen atoms in total. The van der Waals surface area contributed by atoms with Crippen LogP contribution in [-0.2, 0) is 59.0 Å². The highest BCUT2D eigenvalue weighted by Crippen LogP contribution is 2.57. The fraction of sp³-hybridized carbons (Fsp3) is 0.0909. The average Bonchev–Trinajstić information content (AvgIpc) is 0.922. The number of benzene rings is 9. The summed E-state index contributed by atoms with van der Waals surface area (Å²) in [6.07, 6.45) is 10.3. The van der Waals surface area contributed by atoms with Crippen LogP contribution in [0.15, 0.2) is 267 Å². The van der Waals surface area contributed by atoms with Crippen molar-refractivity contribution in [3.63, 3.8) is 0 Å².